The maximum atomic E-state index is 6.08. The third-order valence-corrected chi connectivity index (χ3v) is 3.97. The molecule has 0 fully saturated rings. The monoisotopic (exact) mass is 285 g/mol. The lowest BCUT2D eigenvalue weighted by Crippen LogP contribution is -2.36. The average Bonchev–Trinajstić information content (AvgIpc) is 3.03. The van der Waals surface area contributed by atoms with Crippen LogP contribution >= 0.6 is 0 Å². The van der Waals surface area contributed by atoms with Gasteiger partial charge < -0.3 is 15.4 Å². The Morgan fingerprint density at radius 3 is 2.57 bits per heavy atom. The summed E-state index contributed by atoms with van der Waals surface area (Å²) in [6.45, 7) is 2.70. The van der Waals surface area contributed by atoms with Crippen molar-refractivity contribution < 1.29 is 4.74 Å². The van der Waals surface area contributed by atoms with Gasteiger partial charge in [-0.15, -0.1) is 0 Å². The fourth-order valence-electron chi connectivity index (χ4n) is 2.63. The minimum absolute atomic E-state index is 0.0899. The van der Waals surface area contributed by atoms with E-state index in [1.165, 1.54) is 0 Å². The Labute approximate surface area is 123 Å². The van der Waals surface area contributed by atoms with Crippen LogP contribution < -0.4 is 15.4 Å². The summed E-state index contributed by atoms with van der Waals surface area (Å²) in [7, 11) is 3.60. The van der Waals surface area contributed by atoms with Crippen LogP contribution in [0.2, 0.25) is 0 Å². The van der Waals surface area contributed by atoms with Crippen molar-refractivity contribution in [2.24, 2.45) is 17.8 Å². The molecule has 1 aliphatic rings. The lowest BCUT2D eigenvalue weighted by Gasteiger charge is -2.26. The topological polar surface area (TPSA) is 68.7 Å². The molecule has 110 valence electrons. The number of rotatable bonds is 3. The minimum atomic E-state index is 0.0899. The number of hydrogen-bond acceptors (Lipinski definition) is 5. The molecule has 0 bridgehead atoms. The Balaban J connectivity index is 1.97. The number of aliphatic imine (C=N–C) groups is 1. The lowest BCUT2D eigenvalue weighted by atomic mass is 10.1. The molecule has 2 heterocycles. The molecular weight excluding hydrogens is 266 g/mol. The molecule has 21 heavy (non-hydrogen) atoms. The molecule has 1 unspecified atom stereocenters. The first-order valence-electron chi connectivity index (χ1n) is 6.83. The summed E-state index contributed by atoms with van der Waals surface area (Å²) in [6.07, 6.45) is 1.89. The summed E-state index contributed by atoms with van der Waals surface area (Å²) >= 11 is 0. The first-order valence-corrected chi connectivity index (χ1v) is 6.83. The molecule has 2 N–H and O–H groups in total. The zero-order valence-corrected chi connectivity index (χ0v) is 12.4. The number of anilines is 1. The largest absolute Gasteiger partial charge is 0.497 e. The Kier molecular flexibility index (Phi) is 3.29. The number of nitrogens with zero attached hydrogens (tertiary/aromatic N) is 4. The van der Waals surface area contributed by atoms with E-state index in [1.807, 2.05) is 47.1 Å². The van der Waals surface area contributed by atoms with Gasteiger partial charge in [0.15, 0.2) is 5.96 Å². The van der Waals surface area contributed by atoms with Crippen LogP contribution in [-0.4, -0.2) is 29.4 Å². The van der Waals surface area contributed by atoms with E-state index in [1.54, 1.807) is 7.11 Å². The molecule has 0 amide bonds. The molecule has 0 saturated heterocycles. The normalized spacial score (nSPS) is 18.0. The van der Waals surface area contributed by atoms with Gasteiger partial charge >= 0.3 is 0 Å². The molecule has 6 nitrogen and oxygen atoms in total. The smallest absolute Gasteiger partial charge is 0.196 e. The Bertz CT molecular complexity index is 674. The van der Waals surface area contributed by atoms with Crippen LogP contribution in [0.25, 0.3) is 0 Å². The van der Waals surface area contributed by atoms with Crippen molar-refractivity contribution in [3.05, 3.63) is 41.7 Å². The Hall–Kier alpha value is -2.50. The number of ether oxygens (including phenoxy) is 1. The van der Waals surface area contributed by atoms with E-state index in [0.717, 1.165) is 22.7 Å². The van der Waals surface area contributed by atoms with Gasteiger partial charge in [0.05, 0.1) is 25.9 Å². The van der Waals surface area contributed by atoms with Crippen molar-refractivity contribution in [3.63, 3.8) is 0 Å². The van der Waals surface area contributed by atoms with Crippen LogP contribution in [0.4, 0.5) is 5.69 Å². The van der Waals surface area contributed by atoms with Gasteiger partial charge in [0.1, 0.15) is 5.75 Å². The van der Waals surface area contributed by atoms with Gasteiger partial charge in [-0.25, -0.2) is 0 Å². The van der Waals surface area contributed by atoms with Gasteiger partial charge in [-0.2, -0.15) is 5.10 Å². The van der Waals surface area contributed by atoms with Crippen molar-refractivity contribution in [1.29, 1.82) is 0 Å². The van der Waals surface area contributed by atoms with E-state index in [4.69, 9.17) is 10.5 Å². The van der Waals surface area contributed by atoms with Crippen LogP contribution in [0.3, 0.4) is 0 Å². The van der Waals surface area contributed by atoms with Crippen LogP contribution in [0, 0.1) is 6.92 Å². The number of methoxy groups -OCH3 is 1. The number of nitrogens with two attached hydrogens (primary N) is 1. The van der Waals surface area contributed by atoms with E-state index in [9.17, 15) is 0 Å². The zero-order chi connectivity index (χ0) is 15.0. The molecule has 0 saturated carbocycles. The highest BCUT2D eigenvalue weighted by atomic mass is 16.5. The van der Waals surface area contributed by atoms with Crippen LogP contribution in [-0.2, 0) is 7.05 Å². The van der Waals surface area contributed by atoms with Gasteiger partial charge in [-0.1, -0.05) is 0 Å². The van der Waals surface area contributed by atoms with Gasteiger partial charge in [-0.3, -0.25) is 9.67 Å². The highest BCUT2D eigenvalue weighted by Gasteiger charge is 2.31. The van der Waals surface area contributed by atoms with Crippen LogP contribution in [0.15, 0.2) is 35.5 Å². The minimum Gasteiger partial charge on any atom is -0.497 e. The van der Waals surface area contributed by atoms with E-state index in [2.05, 4.69) is 17.0 Å². The quantitative estimate of drug-likeness (QED) is 0.930. The number of hydrogen-bond donors (Lipinski definition) is 1. The summed E-state index contributed by atoms with van der Waals surface area (Å²) in [5.41, 5.74) is 9.36. The predicted molar refractivity (Wildman–Crippen MR) is 82.6 cm³/mol. The summed E-state index contributed by atoms with van der Waals surface area (Å²) < 4.78 is 7.07. The van der Waals surface area contributed by atoms with E-state index >= 15 is 0 Å². The van der Waals surface area contributed by atoms with Gasteiger partial charge in [-0.05, 0) is 31.2 Å². The van der Waals surface area contributed by atoms with Gasteiger partial charge in [0, 0.05) is 24.0 Å². The molecule has 2 aromatic rings. The number of benzene rings is 1. The first kappa shape index (κ1) is 13.5. The molecule has 1 aromatic heterocycles. The van der Waals surface area contributed by atoms with Crippen molar-refractivity contribution >= 4 is 11.6 Å². The predicted octanol–water partition coefficient (Wildman–Crippen LogP) is 1.61. The highest BCUT2D eigenvalue weighted by molar-refractivity contribution is 5.97. The fourth-order valence-corrected chi connectivity index (χ4v) is 2.63. The van der Waals surface area contributed by atoms with Crippen LogP contribution in [0.1, 0.15) is 17.3 Å². The Morgan fingerprint density at radius 1 is 1.29 bits per heavy atom. The van der Waals surface area contributed by atoms with E-state index < -0.39 is 0 Å². The molecule has 1 aliphatic heterocycles. The van der Waals surface area contributed by atoms with Crippen molar-refractivity contribution in [2.75, 3.05) is 18.6 Å². The second-order valence-corrected chi connectivity index (χ2v) is 5.09. The second kappa shape index (κ2) is 5.12. The molecule has 0 radical (unpaired) electrons. The molecule has 0 spiro atoms. The third-order valence-electron chi connectivity index (χ3n) is 3.97. The zero-order valence-electron chi connectivity index (χ0n) is 12.4. The second-order valence-electron chi connectivity index (χ2n) is 5.09. The molecule has 0 aliphatic carbocycles. The maximum Gasteiger partial charge on any atom is 0.196 e. The highest BCUT2D eigenvalue weighted by Crippen LogP contribution is 2.33. The molecule has 3 rings (SSSR count). The van der Waals surface area contributed by atoms with E-state index in [0.29, 0.717) is 12.5 Å². The standard InChI is InChI=1S/C15H19N5O/c1-10-13(8-18-19(10)2)14-9-17-15(16)20(14)11-4-6-12(21-3)7-5-11/h4-8,14H,9H2,1-3H3,(H2,16,17). The van der Waals surface area contributed by atoms with E-state index in [-0.39, 0.29) is 6.04 Å². The summed E-state index contributed by atoms with van der Waals surface area (Å²) in [5.74, 6) is 1.36. The lowest BCUT2D eigenvalue weighted by molar-refractivity contribution is 0.415. The van der Waals surface area contributed by atoms with Crippen molar-refractivity contribution in [3.8, 4) is 5.75 Å². The summed E-state index contributed by atoms with van der Waals surface area (Å²) in [6, 6.07) is 7.92. The molecule has 1 aromatic carbocycles. The third kappa shape index (κ3) is 2.22. The van der Waals surface area contributed by atoms with Gasteiger partial charge in [0.25, 0.3) is 0 Å². The Morgan fingerprint density at radius 2 is 2.00 bits per heavy atom. The summed E-state index contributed by atoms with van der Waals surface area (Å²) in [5, 5.41) is 4.32. The molecular formula is C15H19N5O. The first-order chi connectivity index (χ1) is 10.1. The SMILES string of the molecule is COc1ccc(N2C(N)=NCC2c2cnn(C)c2C)cc1. The number of aromatic nitrogens is 2. The average molecular weight is 285 g/mol. The summed E-state index contributed by atoms with van der Waals surface area (Å²) in [4.78, 5) is 6.44. The molecule has 1 atom stereocenters. The van der Waals surface area contributed by atoms with Crippen LogP contribution in [0.5, 0.6) is 5.75 Å². The fraction of sp³-hybridized carbons (Fsp3) is 0.333. The van der Waals surface area contributed by atoms with Gasteiger partial charge in [0.2, 0.25) is 0 Å². The van der Waals surface area contributed by atoms with Crippen molar-refractivity contribution in [2.45, 2.75) is 13.0 Å². The molecule has 6 heteroatoms. The maximum absolute atomic E-state index is 6.08. The number of aryl methyl sites for hydroxylation is 1. The van der Waals surface area contributed by atoms with Crippen molar-refractivity contribution in [1.82, 2.24) is 9.78 Å². The number of guanidine groups is 1.